The summed E-state index contributed by atoms with van der Waals surface area (Å²) in [5.74, 6) is 1.63. The second kappa shape index (κ2) is 12.7. The number of benzene rings is 2. The van der Waals surface area contributed by atoms with Crippen molar-refractivity contribution in [2.45, 2.75) is 63.2 Å². The van der Waals surface area contributed by atoms with E-state index < -0.39 is 15.1 Å². The molecule has 5 N–H and O–H groups in total. The zero-order chi connectivity index (χ0) is 31.6. The Hall–Kier alpha value is -4.36. The van der Waals surface area contributed by atoms with E-state index in [4.69, 9.17) is 9.72 Å². The Kier molecular flexibility index (Phi) is 8.97. The number of para-hydroxylation sites is 1. The summed E-state index contributed by atoms with van der Waals surface area (Å²) in [7, 11) is -1.92. The third-order valence-electron chi connectivity index (χ3n) is 7.59. The predicted octanol–water partition coefficient (Wildman–Crippen LogP) is 5.36. The Balaban J connectivity index is 1.48. The number of aryl methyl sites for hydroxylation is 1. The molecule has 3 heterocycles. The number of aromatic nitrogens is 3. The molecule has 0 bridgehead atoms. The fourth-order valence-electron chi connectivity index (χ4n) is 5.27. The maximum absolute atomic E-state index is 13.1. The highest BCUT2D eigenvalue weighted by Crippen LogP contribution is 2.37. The summed E-state index contributed by atoms with van der Waals surface area (Å²) in [6.07, 6.45) is 2.49. The fraction of sp³-hybridized carbons (Fsp3) is 0.387. The molecule has 2 aromatic heterocycles. The van der Waals surface area contributed by atoms with Crippen LogP contribution in [0.25, 0.3) is 11.0 Å². The van der Waals surface area contributed by atoms with Crippen LogP contribution >= 0.6 is 0 Å². The lowest BCUT2D eigenvalue weighted by Gasteiger charge is -2.33. The van der Waals surface area contributed by atoms with Gasteiger partial charge in [-0.2, -0.15) is 9.97 Å². The topological polar surface area (TPSA) is 153 Å². The summed E-state index contributed by atoms with van der Waals surface area (Å²) in [6.45, 7) is 10.5. The van der Waals surface area contributed by atoms with Gasteiger partial charge >= 0.3 is 6.03 Å². The lowest BCUT2D eigenvalue weighted by atomic mass is 9.90. The number of nitrogens with one attached hydrogen (secondary N) is 5. The molecule has 13 heteroatoms. The number of aromatic amines is 1. The lowest BCUT2D eigenvalue weighted by Crippen LogP contribution is -2.52. The highest BCUT2D eigenvalue weighted by molar-refractivity contribution is 7.92. The van der Waals surface area contributed by atoms with Crippen LogP contribution in [0.4, 0.5) is 27.9 Å². The molecule has 2 aromatic carbocycles. The van der Waals surface area contributed by atoms with Gasteiger partial charge in [-0.15, -0.1) is 0 Å². The fourth-order valence-corrected chi connectivity index (χ4v) is 6.47. The summed E-state index contributed by atoms with van der Waals surface area (Å²) in [5.41, 5.74) is 7.15. The molecule has 1 aliphatic rings. The molecule has 234 valence electrons. The van der Waals surface area contributed by atoms with Crippen LogP contribution in [-0.4, -0.2) is 65.9 Å². The first kappa shape index (κ1) is 31.1. The second-order valence-corrected chi connectivity index (χ2v) is 13.9. The van der Waals surface area contributed by atoms with E-state index in [1.54, 1.807) is 56.4 Å². The Morgan fingerprint density at radius 2 is 1.84 bits per heavy atom. The SMILES string of the molecule is CNC(=O)N1CCC(c2cc(OC(C)C)c(Nc3nc(Nc4ccccc4S(=O)(=O)C(C)C)c4cc[nH]c4n3)cc2C)CN1. The standard InChI is InChI=1S/C31H40N8O4S/c1-18(2)43-26-16-23(21-12-14-39(34-17-21)31(40)32-6)20(5)15-25(26)36-30-37-28-22(11-13-33-28)29(38-30)35-24-9-7-8-10-27(24)44(41,42)19(3)4/h7-11,13,15-16,18-19,21,34H,12,14,17H2,1-6H3,(H,32,40)(H3,33,35,36,37,38). The number of ether oxygens (including phenoxy) is 1. The number of hydrogen-bond acceptors (Lipinski definition) is 9. The van der Waals surface area contributed by atoms with E-state index in [1.807, 2.05) is 26.0 Å². The Morgan fingerprint density at radius 1 is 1.07 bits per heavy atom. The van der Waals surface area contributed by atoms with Crippen molar-refractivity contribution < 1.29 is 17.9 Å². The second-order valence-electron chi connectivity index (χ2n) is 11.4. The van der Waals surface area contributed by atoms with E-state index in [2.05, 4.69) is 44.3 Å². The van der Waals surface area contributed by atoms with Gasteiger partial charge in [-0.05, 0) is 82.5 Å². The molecule has 1 fully saturated rings. The van der Waals surface area contributed by atoms with E-state index in [0.717, 1.165) is 17.5 Å². The van der Waals surface area contributed by atoms with E-state index in [1.165, 1.54) is 0 Å². The molecule has 0 aliphatic carbocycles. The third-order valence-corrected chi connectivity index (χ3v) is 9.80. The first-order valence-corrected chi connectivity index (χ1v) is 16.3. The number of hydrazine groups is 1. The van der Waals surface area contributed by atoms with Crippen LogP contribution in [0, 0.1) is 6.92 Å². The summed E-state index contributed by atoms with van der Waals surface area (Å²) < 4.78 is 32.4. The van der Waals surface area contributed by atoms with Gasteiger partial charge in [-0.25, -0.2) is 18.6 Å². The van der Waals surface area contributed by atoms with Gasteiger partial charge < -0.3 is 25.7 Å². The predicted molar refractivity (Wildman–Crippen MR) is 173 cm³/mol. The van der Waals surface area contributed by atoms with Crippen molar-refractivity contribution in [2.24, 2.45) is 0 Å². The van der Waals surface area contributed by atoms with E-state index >= 15 is 0 Å². The van der Waals surface area contributed by atoms with Crippen molar-refractivity contribution in [3.05, 3.63) is 59.8 Å². The van der Waals surface area contributed by atoms with E-state index in [9.17, 15) is 13.2 Å². The average Bonchev–Trinajstić information content (AvgIpc) is 3.47. The summed E-state index contributed by atoms with van der Waals surface area (Å²) in [5, 5.41) is 11.0. The monoisotopic (exact) mass is 620 g/mol. The van der Waals surface area contributed by atoms with Crippen molar-refractivity contribution in [1.29, 1.82) is 0 Å². The minimum absolute atomic E-state index is 0.0808. The Morgan fingerprint density at radius 3 is 2.52 bits per heavy atom. The van der Waals surface area contributed by atoms with Crippen molar-refractivity contribution in [3.8, 4) is 5.75 Å². The van der Waals surface area contributed by atoms with Gasteiger partial charge in [0, 0.05) is 32.3 Å². The number of rotatable bonds is 9. The number of H-pyrrole nitrogens is 1. The molecule has 0 radical (unpaired) electrons. The molecule has 1 aliphatic heterocycles. The lowest BCUT2D eigenvalue weighted by molar-refractivity contribution is 0.148. The number of fused-ring (bicyclic) bond motifs is 1. The first-order valence-electron chi connectivity index (χ1n) is 14.7. The molecule has 2 amide bonds. The number of hydrogen-bond donors (Lipinski definition) is 5. The van der Waals surface area contributed by atoms with Gasteiger partial charge in [-0.1, -0.05) is 12.1 Å². The van der Waals surface area contributed by atoms with Gasteiger partial charge in [0.15, 0.2) is 9.84 Å². The zero-order valence-corrected chi connectivity index (χ0v) is 26.7. The van der Waals surface area contributed by atoms with Crippen LogP contribution in [0.1, 0.15) is 51.2 Å². The normalized spacial score (nSPS) is 15.5. The summed E-state index contributed by atoms with van der Waals surface area (Å²) in [4.78, 5) is 24.8. The van der Waals surface area contributed by atoms with Crippen molar-refractivity contribution in [2.75, 3.05) is 30.8 Å². The molecule has 44 heavy (non-hydrogen) atoms. The van der Waals surface area contributed by atoms with Crippen LogP contribution < -0.4 is 26.1 Å². The van der Waals surface area contributed by atoms with Gasteiger partial charge in [0.05, 0.1) is 33.0 Å². The van der Waals surface area contributed by atoms with Gasteiger partial charge in [-0.3, -0.25) is 5.01 Å². The van der Waals surface area contributed by atoms with Crippen molar-refractivity contribution in [1.82, 2.24) is 30.7 Å². The van der Waals surface area contributed by atoms with E-state index in [-0.39, 0.29) is 22.9 Å². The summed E-state index contributed by atoms with van der Waals surface area (Å²) >= 11 is 0. The molecule has 1 saturated heterocycles. The van der Waals surface area contributed by atoms with Crippen LogP contribution in [0.3, 0.4) is 0 Å². The summed E-state index contributed by atoms with van der Waals surface area (Å²) in [6, 6.07) is 12.6. The smallest absolute Gasteiger partial charge is 0.331 e. The molecule has 1 atom stereocenters. The molecule has 4 aromatic rings. The maximum Gasteiger partial charge on any atom is 0.331 e. The minimum atomic E-state index is -3.54. The number of carbonyl (C=O) groups excluding carboxylic acids is 1. The number of sulfone groups is 1. The Labute approximate surface area is 257 Å². The first-order chi connectivity index (χ1) is 21.0. The van der Waals surface area contributed by atoms with E-state index in [0.29, 0.717) is 53.0 Å². The molecule has 5 rings (SSSR count). The molecule has 12 nitrogen and oxygen atoms in total. The quantitative estimate of drug-likeness (QED) is 0.167. The molecular weight excluding hydrogens is 580 g/mol. The third kappa shape index (κ3) is 6.43. The van der Waals surface area contributed by atoms with Crippen molar-refractivity contribution >= 4 is 50.0 Å². The van der Waals surface area contributed by atoms with Crippen LogP contribution in [0.2, 0.25) is 0 Å². The van der Waals surface area contributed by atoms with Crippen LogP contribution in [0.15, 0.2) is 53.6 Å². The molecule has 0 spiro atoms. The largest absolute Gasteiger partial charge is 0.489 e. The minimum Gasteiger partial charge on any atom is -0.489 e. The van der Waals surface area contributed by atoms with Crippen molar-refractivity contribution in [3.63, 3.8) is 0 Å². The molecule has 1 unspecified atom stereocenters. The van der Waals surface area contributed by atoms with Gasteiger partial charge in [0.2, 0.25) is 5.95 Å². The zero-order valence-electron chi connectivity index (χ0n) is 25.9. The van der Waals surface area contributed by atoms with Crippen LogP contribution in [-0.2, 0) is 9.84 Å². The van der Waals surface area contributed by atoms with Gasteiger partial charge in [0.1, 0.15) is 17.2 Å². The number of anilines is 4. The number of carbonyl (C=O) groups is 1. The number of urea groups is 1. The maximum atomic E-state index is 13.1. The Bertz CT molecular complexity index is 1760. The van der Waals surface area contributed by atoms with Gasteiger partial charge in [0.25, 0.3) is 0 Å². The highest BCUT2D eigenvalue weighted by Gasteiger charge is 2.26. The number of amides is 2. The number of nitrogens with zero attached hydrogens (tertiary/aromatic N) is 3. The molecular formula is C31H40N8O4S. The molecule has 0 saturated carbocycles. The highest BCUT2D eigenvalue weighted by atomic mass is 32.2. The average molecular weight is 621 g/mol. The van der Waals surface area contributed by atoms with Crippen LogP contribution in [0.5, 0.6) is 5.75 Å².